The number of hydrogen-bond acceptors (Lipinski definition) is 3. The minimum Gasteiger partial charge on any atom is -0.369 e. The summed E-state index contributed by atoms with van der Waals surface area (Å²) in [4.78, 5) is 13.6. The maximum atomic E-state index is 11.4. The number of benzene rings is 1. The van der Waals surface area contributed by atoms with Gasteiger partial charge in [-0.2, -0.15) is 5.26 Å². The van der Waals surface area contributed by atoms with E-state index in [9.17, 15) is 4.79 Å². The molecule has 1 saturated heterocycles. The number of rotatable bonds is 2. The normalized spacial score (nSPS) is 22.9. The number of nitriles is 1. The zero-order valence-electron chi connectivity index (χ0n) is 11.4. The highest BCUT2D eigenvalue weighted by Crippen LogP contribution is 2.28. The molecule has 0 spiro atoms. The summed E-state index contributed by atoms with van der Waals surface area (Å²) in [5.74, 6) is -0.297. The Balaban J connectivity index is 2.26. The van der Waals surface area contributed by atoms with E-state index in [0.29, 0.717) is 18.2 Å². The van der Waals surface area contributed by atoms with Crippen LogP contribution in [0.25, 0.3) is 0 Å². The Morgan fingerprint density at radius 3 is 2.79 bits per heavy atom. The molecule has 100 valence electrons. The summed E-state index contributed by atoms with van der Waals surface area (Å²) in [7, 11) is 0. The van der Waals surface area contributed by atoms with Crippen LogP contribution in [0.2, 0.25) is 0 Å². The van der Waals surface area contributed by atoms with Crippen LogP contribution in [-0.4, -0.2) is 18.5 Å². The highest BCUT2D eigenvalue weighted by atomic mass is 16.1. The van der Waals surface area contributed by atoms with Crippen molar-refractivity contribution in [1.29, 1.82) is 5.26 Å². The lowest BCUT2D eigenvalue weighted by atomic mass is 9.92. The van der Waals surface area contributed by atoms with Crippen LogP contribution < -0.4 is 10.6 Å². The highest BCUT2D eigenvalue weighted by molar-refractivity contribution is 5.77. The molecule has 1 aromatic rings. The first-order chi connectivity index (χ1) is 9.02. The van der Waals surface area contributed by atoms with Crippen molar-refractivity contribution >= 4 is 11.6 Å². The molecule has 1 fully saturated rings. The summed E-state index contributed by atoms with van der Waals surface area (Å²) < 4.78 is 0. The molecule has 2 atom stereocenters. The maximum absolute atomic E-state index is 11.4. The SMILES string of the molecule is Cc1cc(N2CC(C(N)=O)CCC2C)ccc1C#N. The third-order valence-corrected chi connectivity index (χ3v) is 3.95. The van der Waals surface area contributed by atoms with Gasteiger partial charge in [-0.15, -0.1) is 0 Å². The van der Waals surface area contributed by atoms with Crippen molar-refractivity contribution in [3.8, 4) is 6.07 Å². The molecular formula is C15H19N3O. The summed E-state index contributed by atoms with van der Waals surface area (Å²) in [6.07, 6.45) is 1.83. The van der Waals surface area contributed by atoms with E-state index in [-0.39, 0.29) is 11.8 Å². The summed E-state index contributed by atoms with van der Waals surface area (Å²) >= 11 is 0. The minimum absolute atomic E-state index is 0.0767. The molecule has 2 rings (SSSR count). The number of amides is 1. The first-order valence-corrected chi connectivity index (χ1v) is 6.59. The largest absolute Gasteiger partial charge is 0.369 e. The van der Waals surface area contributed by atoms with Crippen LogP contribution in [-0.2, 0) is 4.79 Å². The second-order valence-electron chi connectivity index (χ2n) is 5.29. The van der Waals surface area contributed by atoms with Crippen molar-refractivity contribution in [2.45, 2.75) is 32.7 Å². The van der Waals surface area contributed by atoms with Gasteiger partial charge in [-0.3, -0.25) is 4.79 Å². The van der Waals surface area contributed by atoms with Crippen LogP contribution >= 0.6 is 0 Å². The van der Waals surface area contributed by atoms with Gasteiger partial charge in [-0.25, -0.2) is 0 Å². The van der Waals surface area contributed by atoms with Gasteiger partial charge < -0.3 is 10.6 Å². The average Bonchev–Trinajstić information content (AvgIpc) is 2.38. The summed E-state index contributed by atoms with van der Waals surface area (Å²) in [6.45, 7) is 4.76. The fraction of sp³-hybridized carbons (Fsp3) is 0.467. The van der Waals surface area contributed by atoms with Crippen molar-refractivity contribution in [2.24, 2.45) is 11.7 Å². The molecule has 1 amide bonds. The number of piperidine rings is 1. The Bertz CT molecular complexity index is 533. The molecule has 0 saturated carbocycles. The van der Waals surface area contributed by atoms with Crippen molar-refractivity contribution < 1.29 is 4.79 Å². The topological polar surface area (TPSA) is 70.1 Å². The molecule has 1 heterocycles. The van der Waals surface area contributed by atoms with E-state index in [2.05, 4.69) is 17.9 Å². The number of nitrogens with zero attached hydrogens (tertiary/aromatic N) is 2. The van der Waals surface area contributed by atoms with Crippen LogP contribution in [0.1, 0.15) is 30.9 Å². The molecule has 0 aromatic heterocycles. The molecule has 1 aliphatic rings. The zero-order chi connectivity index (χ0) is 14.0. The van der Waals surface area contributed by atoms with Crippen LogP contribution in [0, 0.1) is 24.2 Å². The maximum Gasteiger partial charge on any atom is 0.222 e. The van der Waals surface area contributed by atoms with Gasteiger partial charge in [0.1, 0.15) is 0 Å². The highest BCUT2D eigenvalue weighted by Gasteiger charge is 2.28. The van der Waals surface area contributed by atoms with E-state index in [1.54, 1.807) is 0 Å². The Labute approximate surface area is 113 Å². The first-order valence-electron chi connectivity index (χ1n) is 6.59. The van der Waals surface area contributed by atoms with Gasteiger partial charge in [0.2, 0.25) is 5.91 Å². The molecule has 2 unspecified atom stereocenters. The average molecular weight is 257 g/mol. The van der Waals surface area contributed by atoms with Crippen LogP contribution in [0.4, 0.5) is 5.69 Å². The fourth-order valence-corrected chi connectivity index (χ4v) is 2.65. The number of carbonyl (C=O) groups is 1. The third-order valence-electron chi connectivity index (χ3n) is 3.95. The van der Waals surface area contributed by atoms with Gasteiger partial charge in [0, 0.05) is 18.3 Å². The van der Waals surface area contributed by atoms with Crippen LogP contribution in [0.15, 0.2) is 18.2 Å². The molecule has 0 aliphatic carbocycles. The first kappa shape index (κ1) is 13.4. The van der Waals surface area contributed by atoms with Crippen molar-refractivity contribution in [2.75, 3.05) is 11.4 Å². The Morgan fingerprint density at radius 2 is 2.21 bits per heavy atom. The number of aryl methyl sites for hydroxylation is 1. The van der Waals surface area contributed by atoms with E-state index in [0.717, 1.165) is 24.1 Å². The number of nitrogens with two attached hydrogens (primary N) is 1. The third kappa shape index (κ3) is 2.70. The number of carbonyl (C=O) groups excluding carboxylic acids is 1. The van der Waals surface area contributed by atoms with Gasteiger partial charge in [0.15, 0.2) is 0 Å². The predicted molar refractivity (Wildman–Crippen MR) is 74.6 cm³/mol. The second-order valence-corrected chi connectivity index (χ2v) is 5.29. The standard InChI is InChI=1S/C15H19N3O/c1-10-7-14(6-5-12(10)8-16)18-9-13(15(17)19)4-3-11(18)2/h5-7,11,13H,3-4,9H2,1-2H3,(H2,17,19). The van der Waals surface area contributed by atoms with Gasteiger partial charge in [-0.05, 0) is 50.5 Å². The number of anilines is 1. The summed E-state index contributed by atoms with van der Waals surface area (Å²) in [6, 6.07) is 8.36. The van der Waals surface area contributed by atoms with E-state index in [4.69, 9.17) is 11.0 Å². The predicted octanol–water partition coefficient (Wildman–Crippen LogP) is 1.96. The van der Waals surface area contributed by atoms with Gasteiger partial charge in [-0.1, -0.05) is 0 Å². The Hall–Kier alpha value is -2.02. The molecule has 4 nitrogen and oxygen atoms in total. The molecule has 1 aliphatic heterocycles. The van der Waals surface area contributed by atoms with E-state index in [1.807, 2.05) is 25.1 Å². The van der Waals surface area contributed by atoms with E-state index < -0.39 is 0 Å². The summed E-state index contributed by atoms with van der Waals surface area (Å²) in [5, 5.41) is 8.96. The number of hydrogen-bond donors (Lipinski definition) is 1. The van der Waals surface area contributed by atoms with Gasteiger partial charge in [0.25, 0.3) is 0 Å². The van der Waals surface area contributed by atoms with E-state index >= 15 is 0 Å². The molecule has 2 N–H and O–H groups in total. The molecule has 4 heteroatoms. The van der Waals surface area contributed by atoms with Crippen molar-refractivity contribution in [3.05, 3.63) is 29.3 Å². The molecule has 0 radical (unpaired) electrons. The Kier molecular flexibility index (Phi) is 3.75. The zero-order valence-corrected chi connectivity index (χ0v) is 11.4. The molecular weight excluding hydrogens is 238 g/mol. The van der Waals surface area contributed by atoms with Crippen molar-refractivity contribution in [3.63, 3.8) is 0 Å². The number of primary amides is 1. The van der Waals surface area contributed by atoms with Gasteiger partial charge in [0.05, 0.1) is 17.6 Å². The second kappa shape index (κ2) is 5.31. The van der Waals surface area contributed by atoms with Crippen LogP contribution in [0.3, 0.4) is 0 Å². The molecule has 1 aromatic carbocycles. The van der Waals surface area contributed by atoms with E-state index in [1.165, 1.54) is 0 Å². The van der Waals surface area contributed by atoms with Crippen molar-refractivity contribution in [1.82, 2.24) is 0 Å². The molecule has 0 bridgehead atoms. The lowest BCUT2D eigenvalue weighted by molar-refractivity contribution is -0.122. The minimum atomic E-state index is -0.220. The quantitative estimate of drug-likeness (QED) is 0.880. The smallest absolute Gasteiger partial charge is 0.222 e. The Morgan fingerprint density at radius 1 is 1.47 bits per heavy atom. The summed E-state index contributed by atoms with van der Waals surface area (Å²) in [5.41, 5.74) is 8.15. The lowest BCUT2D eigenvalue weighted by Gasteiger charge is -2.38. The molecule has 19 heavy (non-hydrogen) atoms. The fourth-order valence-electron chi connectivity index (χ4n) is 2.65. The lowest BCUT2D eigenvalue weighted by Crippen LogP contribution is -2.45. The van der Waals surface area contributed by atoms with Crippen LogP contribution in [0.5, 0.6) is 0 Å². The van der Waals surface area contributed by atoms with Gasteiger partial charge >= 0.3 is 0 Å². The monoisotopic (exact) mass is 257 g/mol.